The summed E-state index contributed by atoms with van der Waals surface area (Å²) in [6.45, 7) is 8.32. The molecule has 2 atom stereocenters. The molecule has 1 aromatic rings. The average molecular weight is 389 g/mol. The zero-order valence-electron chi connectivity index (χ0n) is 17.9. The third-order valence-corrected chi connectivity index (χ3v) is 7.72. The molecular weight excluding hydrogens is 350 g/mol. The summed E-state index contributed by atoms with van der Waals surface area (Å²) < 4.78 is 31.2. The third kappa shape index (κ3) is 4.21. The van der Waals surface area contributed by atoms with Gasteiger partial charge in [-0.15, -0.1) is 6.58 Å². The molecule has 0 saturated heterocycles. The number of hydrogen-bond donors (Lipinski definition) is 0. The summed E-state index contributed by atoms with van der Waals surface area (Å²) in [7, 11) is 0. The highest BCUT2D eigenvalue weighted by molar-refractivity contribution is 5.27. The van der Waals surface area contributed by atoms with Crippen molar-refractivity contribution in [2.45, 2.75) is 96.3 Å². The molecule has 3 rings (SSSR count). The van der Waals surface area contributed by atoms with E-state index in [0.29, 0.717) is 6.42 Å². The Balaban J connectivity index is 1.71. The van der Waals surface area contributed by atoms with Gasteiger partial charge in [0, 0.05) is 6.42 Å². The summed E-state index contributed by atoms with van der Waals surface area (Å²) in [6.07, 6.45) is 11.8. The van der Waals surface area contributed by atoms with E-state index in [2.05, 4.69) is 44.7 Å². The molecule has 2 fully saturated rings. The maximum absolute atomic E-state index is 15.6. The molecule has 0 spiro atoms. The van der Waals surface area contributed by atoms with Crippen molar-refractivity contribution < 1.29 is 8.78 Å². The molecular formula is C26H38F2. The van der Waals surface area contributed by atoms with Gasteiger partial charge in [0.15, 0.2) is 0 Å². The number of benzene rings is 1. The fraction of sp³-hybridized carbons (Fsp3) is 0.692. The minimum Gasteiger partial charge on any atom is -0.206 e. The van der Waals surface area contributed by atoms with Crippen molar-refractivity contribution in [3.63, 3.8) is 0 Å². The lowest BCUT2D eigenvalue weighted by molar-refractivity contribution is -0.162. The molecule has 2 aliphatic carbocycles. The van der Waals surface area contributed by atoms with Crippen LogP contribution in [0, 0.1) is 17.3 Å². The van der Waals surface area contributed by atoms with Crippen molar-refractivity contribution in [2.24, 2.45) is 17.3 Å². The molecule has 0 N–H and O–H groups in total. The molecule has 156 valence electrons. The molecule has 2 saturated carbocycles. The van der Waals surface area contributed by atoms with Gasteiger partial charge in [-0.2, -0.15) is 0 Å². The van der Waals surface area contributed by atoms with Crippen LogP contribution in [0.3, 0.4) is 0 Å². The molecule has 1 aromatic carbocycles. The van der Waals surface area contributed by atoms with Gasteiger partial charge in [0.05, 0.1) is 5.41 Å². The van der Waals surface area contributed by atoms with Crippen LogP contribution in [0.1, 0.15) is 95.1 Å². The van der Waals surface area contributed by atoms with Gasteiger partial charge in [0.25, 0.3) is 5.92 Å². The van der Waals surface area contributed by atoms with Gasteiger partial charge in [-0.3, -0.25) is 0 Å². The van der Waals surface area contributed by atoms with Crippen LogP contribution in [0.4, 0.5) is 8.78 Å². The molecule has 0 aromatic heterocycles. The van der Waals surface area contributed by atoms with Crippen molar-refractivity contribution in [1.82, 2.24) is 0 Å². The van der Waals surface area contributed by atoms with Gasteiger partial charge in [0.1, 0.15) is 0 Å². The standard InChI is InChI=1S/C26H38F2/c1-4-7-20-9-13-22(14-10-20)23-17-18-25(6-3,26(27,28)19-23)24-15-11-21(8-5-2)12-16-24/h6,9-10,13-14,21,23-24H,3-5,7-8,11-12,15-19H2,1-2H3. The van der Waals surface area contributed by atoms with Gasteiger partial charge in [-0.05, 0) is 61.0 Å². The van der Waals surface area contributed by atoms with E-state index in [4.69, 9.17) is 0 Å². The average Bonchev–Trinajstić information content (AvgIpc) is 2.69. The second-order valence-corrected chi connectivity index (χ2v) is 9.39. The van der Waals surface area contributed by atoms with Gasteiger partial charge >= 0.3 is 0 Å². The van der Waals surface area contributed by atoms with Crippen molar-refractivity contribution in [2.75, 3.05) is 0 Å². The first-order valence-electron chi connectivity index (χ1n) is 11.6. The van der Waals surface area contributed by atoms with E-state index < -0.39 is 11.3 Å². The lowest BCUT2D eigenvalue weighted by atomic mass is 9.56. The Morgan fingerprint density at radius 1 is 1.00 bits per heavy atom. The number of hydrogen-bond acceptors (Lipinski definition) is 0. The van der Waals surface area contributed by atoms with Crippen LogP contribution in [0.25, 0.3) is 0 Å². The Morgan fingerprint density at radius 3 is 2.21 bits per heavy atom. The van der Waals surface area contributed by atoms with E-state index in [-0.39, 0.29) is 18.3 Å². The molecule has 28 heavy (non-hydrogen) atoms. The van der Waals surface area contributed by atoms with Crippen molar-refractivity contribution in [3.05, 3.63) is 48.0 Å². The Hall–Kier alpha value is -1.18. The monoisotopic (exact) mass is 388 g/mol. The molecule has 0 heterocycles. The van der Waals surface area contributed by atoms with E-state index in [0.717, 1.165) is 56.4 Å². The van der Waals surface area contributed by atoms with Gasteiger partial charge < -0.3 is 0 Å². The van der Waals surface area contributed by atoms with Crippen LogP contribution in [0.15, 0.2) is 36.9 Å². The predicted molar refractivity (Wildman–Crippen MR) is 115 cm³/mol. The number of alkyl halides is 2. The van der Waals surface area contributed by atoms with Crippen molar-refractivity contribution >= 4 is 0 Å². The number of rotatable bonds is 7. The second kappa shape index (κ2) is 9.09. The van der Waals surface area contributed by atoms with Crippen LogP contribution in [-0.2, 0) is 6.42 Å². The first-order chi connectivity index (χ1) is 13.5. The normalized spacial score (nSPS) is 32.8. The molecule has 0 nitrogen and oxygen atoms in total. The Kier molecular flexibility index (Phi) is 6.99. The Labute approximate surface area is 170 Å². The maximum atomic E-state index is 15.6. The molecule has 0 amide bonds. The highest BCUT2D eigenvalue weighted by Gasteiger charge is 2.58. The fourth-order valence-corrected chi connectivity index (χ4v) is 6.02. The Bertz CT molecular complexity index is 624. The third-order valence-electron chi connectivity index (χ3n) is 7.72. The topological polar surface area (TPSA) is 0 Å². The largest absolute Gasteiger partial charge is 0.257 e. The molecule has 0 bridgehead atoms. The summed E-state index contributed by atoms with van der Waals surface area (Å²) >= 11 is 0. The maximum Gasteiger partial charge on any atom is 0.257 e. The predicted octanol–water partition coefficient (Wildman–Crippen LogP) is 8.32. The highest BCUT2D eigenvalue weighted by Crippen LogP contribution is 2.60. The summed E-state index contributed by atoms with van der Waals surface area (Å²) in [5.41, 5.74) is 1.39. The van der Waals surface area contributed by atoms with E-state index >= 15 is 8.78 Å². The Morgan fingerprint density at radius 2 is 1.68 bits per heavy atom. The highest BCUT2D eigenvalue weighted by atomic mass is 19.3. The molecule has 0 radical (unpaired) electrons. The van der Waals surface area contributed by atoms with E-state index in [9.17, 15) is 0 Å². The van der Waals surface area contributed by atoms with Crippen LogP contribution >= 0.6 is 0 Å². The van der Waals surface area contributed by atoms with Crippen LogP contribution < -0.4 is 0 Å². The molecule has 2 aliphatic rings. The minimum atomic E-state index is -2.66. The van der Waals surface area contributed by atoms with Gasteiger partial charge in [0.2, 0.25) is 0 Å². The van der Waals surface area contributed by atoms with Gasteiger partial charge in [-0.1, -0.05) is 76.3 Å². The van der Waals surface area contributed by atoms with Crippen LogP contribution in [0.5, 0.6) is 0 Å². The minimum absolute atomic E-state index is 0.0268. The number of aryl methyl sites for hydroxylation is 1. The summed E-state index contributed by atoms with van der Waals surface area (Å²) in [5, 5.41) is 0. The van der Waals surface area contributed by atoms with Crippen LogP contribution in [-0.4, -0.2) is 5.92 Å². The smallest absolute Gasteiger partial charge is 0.206 e. The fourth-order valence-electron chi connectivity index (χ4n) is 6.02. The zero-order chi connectivity index (χ0) is 20.2. The van der Waals surface area contributed by atoms with Crippen molar-refractivity contribution in [3.8, 4) is 0 Å². The summed E-state index contributed by atoms with van der Waals surface area (Å²) in [6, 6.07) is 8.42. The first kappa shape index (κ1) is 21.5. The molecule has 2 heteroatoms. The summed E-state index contributed by atoms with van der Waals surface area (Å²) in [4.78, 5) is 0. The summed E-state index contributed by atoms with van der Waals surface area (Å²) in [5.74, 6) is -1.85. The lowest BCUT2D eigenvalue weighted by Gasteiger charge is -2.51. The lowest BCUT2D eigenvalue weighted by Crippen LogP contribution is -2.50. The van der Waals surface area contributed by atoms with E-state index in [1.807, 2.05) is 0 Å². The van der Waals surface area contributed by atoms with Crippen LogP contribution in [0.2, 0.25) is 0 Å². The molecule has 0 aliphatic heterocycles. The first-order valence-corrected chi connectivity index (χ1v) is 11.6. The van der Waals surface area contributed by atoms with E-state index in [1.165, 1.54) is 18.4 Å². The van der Waals surface area contributed by atoms with E-state index in [1.54, 1.807) is 6.08 Å². The quantitative estimate of drug-likeness (QED) is 0.412. The second-order valence-electron chi connectivity index (χ2n) is 9.39. The number of allylic oxidation sites excluding steroid dienone is 1. The number of halogens is 2. The van der Waals surface area contributed by atoms with Crippen molar-refractivity contribution in [1.29, 1.82) is 0 Å². The molecule has 2 unspecified atom stereocenters. The van der Waals surface area contributed by atoms with Gasteiger partial charge in [-0.25, -0.2) is 8.78 Å². The SMILES string of the molecule is C=CC1(C2CCC(CCC)CC2)CCC(c2ccc(CCC)cc2)CC1(F)F. The zero-order valence-corrected chi connectivity index (χ0v) is 17.9.